The molecule has 1 radical (unpaired) electrons. The molecule has 0 fully saturated rings. The first-order chi connectivity index (χ1) is 10.6. The minimum atomic E-state index is -0.692. The van der Waals surface area contributed by atoms with Crippen molar-refractivity contribution in [2.75, 3.05) is 0 Å². The molecule has 107 valence electrons. The molecule has 0 aliphatic rings. The van der Waals surface area contributed by atoms with Gasteiger partial charge < -0.3 is 20.4 Å². The Balaban J connectivity index is 2.29. The molecule has 0 aliphatic heterocycles. The first-order valence-electron chi connectivity index (χ1n) is 6.70. The highest BCUT2D eigenvalue weighted by atomic mass is 16.3. The first-order valence-corrected chi connectivity index (χ1v) is 6.70. The predicted molar refractivity (Wildman–Crippen MR) is 84.5 cm³/mol. The summed E-state index contributed by atoms with van der Waals surface area (Å²) in [6.07, 6.45) is 0. The summed E-state index contributed by atoms with van der Waals surface area (Å²) in [5.41, 5.74) is 0. The van der Waals surface area contributed by atoms with Crippen LogP contribution < -0.4 is 0 Å². The van der Waals surface area contributed by atoms with E-state index in [0.717, 1.165) is 21.5 Å². The van der Waals surface area contributed by atoms with Crippen LogP contribution in [0.4, 0.5) is 0 Å². The molecule has 4 nitrogen and oxygen atoms in total. The molecule has 22 heavy (non-hydrogen) atoms. The number of benzene rings is 4. The largest absolute Gasteiger partial charge is 0.507 e. The number of fused-ring (bicyclic) bond motifs is 4. The van der Waals surface area contributed by atoms with Crippen molar-refractivity contribution >= 4 is 32.3 Å². The topological polar surface area (TPSA) is 80.9 Å². The molecular formula is C18H11O4. The Labute approximate surface area is 125 Å². The Morgan fingerprint density at radius 1 is 0.727 bits per heavy atom. The van der Waals surface area contributed by atoms with Gasteiger partial charge in [0.25, 0.3) is 0 Å². The quantitative estimate of drug-likeness (QED) is 0.226. The summed E-state index contributed by atoms with van der Waals surface area (Å²) in [6, 6.07) is 15.7. The first kappa shape index (κ1) is 12.6. The molecule has 4 heteroatoms. The summed E-state index contributed by atoms with van der Waals surface area (Å²) in [5, 5.41) is 43.4. The summed E-state index contributed by atoms with van der Waals surface area (Å²) < 4.78 is 0. The zero-order valence-corrected chi connectivity index (χ0v) is 11.3. The van der Waals surface area contributed by atoms with Gasteiger partial charge in [-0.15, -0.1) is 0 Å². The highest BCUT2D eigenvalue weighted by molar-refractivity contribution is 6.16. The van der Waals surface area contributed by atoms with E-state index in [0.29, 0.717) is 5.39 Å². The average Bonchev–Trinajstić information content (AvgIpc) is 2.51. The van der Waals surface area contributed by atoms with Crippen LogP contribution in [0.25, 0.3) is 32.3 Å². The van der Waals surface area contributed by atoms with Gasteiger partial charge in [-0.2, -0.15) is 0 Å². The molecule has 0 aromatic heterocycles. The van der Waals surface area contributed by atoms with Crippen molar-refractivity contribution in [3.05, 3.63) is 48.5 Å². The summed E-state index contributed by atoms with van der Waals surface area (Å²) in [7, 11) is 0. The molecular weight excluding hydrogens is 280 g/mol. The van der Waals surface area contributed by atoms with Gasteiger partial charge in [0.05, 0.1) is 5.39 Å². The van der Waals surface area contributed by atoms with Crippen molar-refractivity contribution in [3.63, 3.8) is 0 Å². The SMILES string of the molecule is Oc1[c]c2c(c(O)cc3cc4ccccc4cc32)c(O)c1O. The van der Waals surface area contributed by atoms with Crippen LogP contribution in [-0.4, -0.2) is 20.4 Å². The molecule has 0 aliphatic carbocycles. The van der Waals surface area contributed by atoms with Crippen molar-refractivity contribution in [1.82, 2.24) is 0 Å². The van der Waals surface area contributed by atoms with Gasteiger partial charge in [0.2, 0.25) is 5.75 Å². The van der Waals surface area contributed by atoms with Crippen LogP contribution in [0.3, 0.4) is 0 Å². The molecule has 0 unspecified atom stereocenters. The minimum Gasteiger partial charge on any atom is -0.507 e. The van der Waals surface area contributed by atoms with Crippen molar-refractivity contribution in [1.29, 1.82) is 0 Å². The number of phenols is 4. The van der Waals surface area contributed by atoms with E-state index >= 15 is 0 Å². The highest BCUT2D eigenvalue weighted by Crippen LogP contribution is 2.47. The van der Waals surface area contributed by atoms with Crippen molar-refractivity contribution < 1.29 is 20.4 Å². The molecule has 0 saturated carbocycles. The average molecular weight is 291 g/mol. The zero-order valence-electron chi connectivity index (χ0n) is 11.3. The van der Waals surface area contributed by atoms with E-state index in [1.54, 1.807) is 0 Å². The Morgan fingerprint density at radius 2 is 1.41 bits per heavy atom. The van der Waals surface area contributed by atoms with Gasteiger partial charge in [-0.1, -0.05) is 24.3 Å². The lowest BCUT2D eigenvalue weighted by atomic mass is 9.96. The normalized spacial score (nSPS) is 11.5. The number of hydrogen-bond donors (Lipinski definition) is 4. The Kier molecular flexibility index (Phi) is 2.39. The lowest BCUT2D eigenvalue weighted by Crippen LogP contribution is -1.83. The van der Waals surface area contributed by atoms with Crippen molar-refractivity contribution in [2.24, 2.45) is 0 Å². The monoisotopic (exact) mass is 291 g/mol. The lowest BCUT2D eigenvalue weighted by Gasteiger charge is -2.11. The van der Waals surface area contributed by atoms with Crippen molar-refractivity contribution in [3.8, 4) is 23.0 Å². The van der Waals surface area contributed by atoms with Crippen LogP contribution >= 0.6 is 0 Å². The molecule has 4 rings (SSSR count). The lowest BCUT2D eigenvalue weighted by molar-refractivity contribution is 0.370. The van der Waals surface area contributed by atoms with Gasteiger partial charge in [0.1, 0.15) is 5.75 Å². The summed E-state index contributed by atoms with van der Waals surface area (Å²) in [6.45, 7) is 0. The fourth-order valence-electron chi connectivity index (χ4n) is 2.85. The molecule has 0 amide bonds. The smallest absolute Gasteiger partial charge is 0.201 e. The molecule has 4 N–H and O–H groups in total. The second-order valence-electron chi connectivity index (χ2n) is 5.24. The van der Waals surface area contributed by atoms with Crippen LogP contribution in [0.2, 0.25) is 0 Å². The maximum absolute atomic E-state index is 10.2. The van der Waals surface area contributed by atoms with E-state index in [9.17, 15) is 20.4 Å². The summed E-state index contributed by atoms with van der Waals surface area (Å²) in [4.78, 5) is 0. The molecule has 0 atom stereocenters. The zero-order chi connectivity index (χ0) is 15.4. The number of rotatable bonds is 0. The van der Waals surface area contributed by atoms with Crippen LogP contribution in [0.1, 0.15) is 0 Å². The molecule has 0 bridgehead atoms. The fraction of sp³-hybridized carbons (Fsp3) is 0. The molecule has 0 saturated heterocycles. The van der Waals surface area contributed by atoms with E-state index in [2.05, 4.69) is 6.07 Å². The van der Waals surface area contributed by atoms with Gasteiger partial charge in [-0.3, -0.25) is 0 Å². The predicted octanol–water partition coefficient (Wildman–Crippen LogP) is 3.77. The summed E-state index contributed by atoms with van der Waals surface area (Å²) in [5.74, 6) is -1.98. The second kappa shape index (κ2) is 4.18. The van der Waals surface area contributed by atoms with Crippen LogP contribution in [0.15, 0.2) is 42.5 Å². The molecule has 0 spiro atoms. The molecule has 4 aromatic rings. The molecule has 4 aromatic carbocycles. The second-order valence-corrected chi connectivity index (χ2v) is 5.24. The molecule has 0 heterocycles. The van der Waals surface area contributed by atoms with Crippen LogP contribution in [0.5, 0.6) is 23.0 Å². The van der Waals surface area contributed by atoms with E-state index in [1.807, 2.05) is 36.4 Å². The van der Waals surface area contributed by atoms with E-state index in [-0.39, 0.29) is 11.1 Å². The Morgan fingerprint density at radius 3 is 2.14 bits per heavy atom. The van der Waals surface area contributed by atoms with Crippen molar-refractivity contribution in [2.45, 2.75) is 0 Å². The van der Waals surface area contributed by atoms with E-state index < -0.39 is 17.2 Å². The third kappa shape index (κ3) is 1.58. The van der Waals surface area contributed by atoms with Gasteiger partial charge >= 0.3 is 0 Å². The standard InChI is InChI=1S/C18H11O4/c19-14-7-11-5-9-3-1-2-4-10(9)6-12(11)13-8-15(20)17(21)18(22)16(13)14/h1-7,19-22H. The van der Waals surface area contributed by atoms with E-state index in [4.69, 9.17) is 0 Å². The van der Waals surface area contributed by atoms with Gasteiger partial charge in [0.15, 0.2) is 11.5 Å². The van der Waals surface area contributed by atoms with E-state index in [1.165, 1.54) is 6.07 Å². The fourth-order valence-corrected chi connectivity index (χ4v) is 2.85. The maximum Gasteiger partial charge on any atom is 0.201 e. The van der Waals surface area contributed by atoms with Gasteiger partial charge in [-0.25, -0.2) is 0 Å². The third-order valence-corrected chi connectivity index (χ3v) is 3.91. The van der Waals surface area contributed by atoms with Crippen LogP contribution in [0, 0.1) is 6.07 Å². The number of phenolic OH excluding ortho intramolecular Hbond substituents is 4. The number of aromatic hydroxyl groups is 4. The van der Waals surface area contributed by atoms with Crippen LogP contribution in [-0.2, 0) is 0 Å². The maximum atomic E-state index is 10.2. The Hall–Kier alpha value is -3.14. The minimum absolute atomic E-state index is 0.0677. The number of hydrogen-bond acceptors (Lipinski definition) is 4. The summed E-state index contributed by atoms with van der Waals surface area (Å²) >= 11 is 0. The van der Waals surface area contributed by atoms with Gasteiger partial charge in [-0.05, 0) is 39.7 Å². The van der Waals surface area contributed by atoms with Gasteiger partial charge in [0, 0.05) is 11.5 Å². The third-order valence-electron chi connectivity index (χ3n) is 3.91. The Bertz CT molecular complexity index is 1070. The highest BCUT2D eigenvalue weighted by Gasteiger charge is 2.17.